The van der Waals surface area contributed by atoms with Crippen LogP contribution in [0.1, 0.15) is 22.8 Å². The summed E-state index contributed by atoms with van der Waals surface area (Å²) in [6, 6.07) is 3.78. The summed E-state index contributed by atoms with van der Waals surface area (Å²) in [5, 5.41) is 9.76. The van der Waals surface area contributed by atoms with Crippen LogP contribution in [0.2, 0.25) is 0 Å². The Kier molecular flexibility index (Phi) is 4.08. The Morgan fingerprint density at radius 1 is 1.33 bits per heavy atom. The van der Waals surface area contributed by atoms with Gasteiger partial charge in [-0.25, -0.2) is 5.90 Å². The molecule has 0 spiro atoms. The van der Waals surface area contributed by atoms with Crippen molar-refractivity contribution in [3.8, 4) is 5.75 Å². The van der Waals surface area contributed by atoms with E-state index in [1.807, 2.05) is 26.0 Å². The first-order chi connectivity index (χ1) is 7.10. The number of nitrogens with two attached hydrogens (primary N) is 1. The summed E-state index contributed by atoms with van der Waals surface area (Å²) in [6.45, 7) is 4.03. The average Bonchev–Trinajstić information content (AvgIpc) is 2.21. The van der Waals surface area contributed by atoms with Crippen molar-refractivity contribution in [1.29, 1.82) is 0 Å². The minimum atomic E-state index is -0.760. The van der Waals surface area contributed by atoms with E-state index < -0.39 is 6.10 Å². The lowest BCUT2D eigenvalue weighted by Gasteiger charge is -2.15. The maximum atomic E-state index is 9.76. The third-order valence-electron chi connectivity index (χ3n) is 2.46. The molecule has 1 unspecified atom stereocenters. The second-order valence-corrected chi connectivity index (χ2v) is 3.53. The molecule has 1 rings (SSSR count). The van der Waals surface area contributed by atoms with Gasteiger partial charge in [0.1, 0.15) is 11.9 Å². The normalized spacial score (nSPS) is 12.6. The van der Waals surface area contributed by atoms with Crippen LogP contribution in [0.4, 0.5) is 0 Å². The summed E-state index contributed by atoms with van der Waals surface area (Å²) in [6.07, 6.45) is -0.760. The van der Waals surface area contributed by atoms with E-state index in [-0.39, 0.29) is 6.61 Å². The predicted molar refractivity (Wildman–Crippen MR) is 57.6 cm³/mol. The quantitative estimate of drug-likeness (QED) is 0.735. The Balaban J connectivity index is 3.09. The number of aliphatic hydroxyl groups excluding tert-OH is 1. The minimum Gasteiger partial charge on any atom is -0.496 e. The molecule has 0 radical (unpaired) electrons. The van der Waals surface area contributed by atoms with Crippen molar-refractivity contribution < 1.29 is 14.7 Å². The topological polar surface area (TPSA) is 64.7 Å². The van der Waals surface area contributed by atoms with Gasteiger partial charge in [0.15, 0.2) is 0 Å². The first kappa shape index (κ1) is 12.0. The van der Waals surface area contributed by atoms with Crippen LogP contribution in [-0.2, 0) is 4.84 Å². The molecule has 0 bridgehead atoms. The van der Waals surface area contributed by atoms with Crippen molar-refractivity contribution in [3.05, 3.63) is 28.8 Å². The van der Waals surface area contributed by atoms with Crippen molar-refractivity contribution in [2.75, 3.05) is 13.7 Å². The van der Waals surface area contributed by atoms with Crippen LogP contribution in [0, 0.1) is 13.8 Å². The third kappa shape index (κ3) is 2.68. The van der Waals surface area contributed by atoms with Gasteiger partial charge in [0, 0.05) is 5.56 Å². The van der Waals surface area contributed by atoms with Gasteiger partial charge in [0.2, 0.25) is 0 Å². The molecule has 1 atom stereocenters. The second-order valence-electron chi connectivity index (χ2n) is 3.53. The first-order valence-corrected chi connectivity index (χ1v) is 4.75. The molecule has 1 aromatic carbocycles. The zero-order chi connectivity index (χ0) is 11.4. The lowest BCUT2D eigenvalue weighted by molar-refractivity contribution is 0.0347. The van der Waals surface area contributed by atoms with Crippen LogP contribution in [0.3, 0.4) is 0 Å². The number of hydrogen-bond donors (Lipinski definition) is 2. The Labute approximate surface area is 89.6 Å². The summed E-state index contributed by atoms with van der Waals surface area (Å²) in [5.74, 6) is 5.58. The van der Waals surface area contributed by atoms with E-state index in [4.69, 9.17) is 10.6 Å². The molecule has 0 heterocycles. The van der Waals surface area contributed by atoms with E-state index in [2.05, 4.69) is 4.84 Å². The Bertz CT molecular complexity index is 339. The lowest BCUT2D eigenvalue weighted by Crippen LogP contribution is -2.12. The molecule has 4 heteroatoms. The van der Waals surface area contributed by atoms with Crippen molar-refractivity contribution in [1.82, 2.24) is 0 Å². The fourth-order valence-corrected chi connectivity index (χ4v) is 1.43. The monoisotopic (exact) mass is 211 g/mol. The molecule has 1 aromatic rings. The predicted octanol–water partition coefficient (Wildman–Crippen LogP) is 1.24. The summed E-state index contributed by atoms with van der Waals surface area (Å²) in [4.78, 5) is 4.42. The van der Waals surface area contributed by atoms with Crippen molar-refractivity contribution in [2.45, 2.75) is 20.0 Å². The van der Waals surface area contributed by atoms with Gasteiger partial charge in [0.25, 0.3) is 0 Å². The van der Waals surface area contributed by atoms with Crippen molar-refractivity contribution in [3.63, 3.8) is 0 Å². The molecule has 0 fully saturated rings. The number of ether oxygens (including phenoxy) is 1. The molecule has 0 saturated heterocycles. The molecule has 15 heavy (non-hydrogen) atoms. The van der Waals surface area contributed by atoms with Gasteiger partial charge in [0.05, 0.1) is 13.7 Å². The highest BCUT2D eigenvalue weighted by Crippen LogP contribution is 2.28. The zero-order valence-electron chi connectivity index (χ0n) is 9.28. The number of benzene rings is 1. The highest BCUT2D eigenvalue weighted by atomic mass is 16.6. The molecular formula is C11H17NO3. The molecular weight excluding hydrogens is 194 g/mol. The Morgan fingerprint density at radius 2 is 1.93 bits per heavy atom. The van der Waals surface area contributed by atoms with Crippen molar-refractivity contribution >= 4 is 0 Å². The highest BCUT2D eigenvalue weighted by Gasteiger charge is 2.14. The van der Waals surface area contributed by atoms with Gasteiger partial charge in [-0.2, -0.15) is 0 Å². The minimum absolute atomic E-state index is 0.0544. The lowest BCUT2D eigenvalue weighted by atomic mass is 10.0. The van der Waals surface area contributed by atoms with Crippen LogP contribution >= 0.6 is 0 Å². The van der Waals surface area contributed by atoms with Crippen LogP contribution in [0.15, 0.2) is 12.1 Å². The van der Waals surface area contributed by atoms with E-state index in [0.29, 0.717) is 11.3 Å². The summed E-state index contributed by atoms with van der Waals surface area (Å²) >= 11 is 0. The molecule has 0 aliphatic carbocycles. The van der Waals surface area contributed by atoms with Crippen LogP contribution < -0.4 is 10.6 Å². The van der Waals surface area contributed by atoms with Gasteiger partial charge >= 0.3 is 0 Å². The average molecular weight is 211 g/mol. The molecule has 0 saturated carbocycles. The summed E-state index contributed by atoms with van der Waals surface area (Å²) in [5.41, 5.74) is 2.92. The van der Waals surface area contributed by atoms with Gasteiger partial charge < -0.3 is 14.7 Å². The maximum absolute atomic E-state index is 9.76. The number of hydrogen-bond acceptors (Lipinski definition) is 4. The third-order valence-corrected chi connectivity index (χ3v) is 2.46. The number of methoxy groups -OCH3 is 1. The summed E-state index contributed by atoms with van der Waals surface area (Å²) < 4.78 is 5.19. The van der Waals surface area contributed by atoms with E-state index in [1.54, 1.807) is 7.11 Å². The van der Waals surface area contributed by atoms with E-state index in [1.165, 1.54) is 0 Å². The molecule has 0 aliphatic heterocycles. The van der Waals surface area contributed by atoms with E-state index in [9.17, 15) is 5.11 Å². The molecule has 84 valence electrons. The number of rotatable bonds is 4. The zero-order valence-corrected chi connectivity index (χ0v) is 9.28. The largest absolute Gasteiger partial charge is 0.496 e. The molecule has 0 amide bonds. The van der Waals surface area contributed by atoms with E-state index in [0.717, 1.165) is 11.1 Å². The van der Waals surface area contributed by atoms with Crippen LogP contribution in [0.25, 0.3) is 0 Å². The van der Waals surface area contributed by atoms with Crippen molar-refractivity contribution in [2.24, 2.45) is 5.90 Å². The van der Waals surface area contributed by atoms with Crippen LogP contribution in [0.5, 0.6) is 5.75 Å². The standard InChI is InChI=1S/C11H17NO3/c1-7-4-9(10(13)6-15-12)11(14-3)5-8(7)2/h4-5,10,13H,6,12H2,1-3H3. The Hall–Kier alpha value is -1.10. The maximum Gasteiger partial charge on any atom is 0.125 e. The molecule has 4 nitrogen and oxygen atoms in total. The Morgan fingerprint density at radius 3 is 2.47 bits per heavy atom. The fraction of sp³-hybridized carbons (Fsp3) is 0.455. The summed E-state index contributed by atoms with van der Waals surface area (Å²) in [7, 11) is 1.57. The van der Waals surface area contributed by atoms with Gasteiger partial charge in [-0.3, -0.25) is 0 Å². The SMILES string of the molecule is COc1cc(C)c(C)cc1C(O)CON. The van der Waals surface area contributed by atoms with E-state index >= 15 is 0 Å². The van der Waals surface area contributed by atoms with Crippen LogP contribution in [-0.4, -0.2) is 18.8 Å². The van der Waals surface area contributed by atoms with Gasteiger partial charge in [-0.1, -0.05) is 0 Å². The number of aryl methyl sites for hydroxylation is 2. The molecule has 0 aliphatic rings. The molecule has 0 aromatic heterocycles. The highest BCUT2D eigenvalue weighted by molar-refractivity contribution is 5.43. The van der Waals surface area contributed by atoms with Gasteiger partial charge in [-0.05, 0) is 37.1 Å². The smallest absolute Gasteiger partial charge is 0.125 e. The first-order valence-electron chi connectivity index (χ1n) is 4.75. The molecule has 3 N–H and O–H groups in total. The number of aliphatic hydroxyl groups is 1. The fourth-order valence-electron chi connectivity index (χ4n) is 1.43. The van der Waals surface area contributed by atoms with Gasteiger partial charge in [-0.15, -0.1) is 0 Å². The second kappa shape index (κ2) is 5.11.